The number of nitrogens with one attached hydrogen (secondary N) is 1. The molecule has 0 spiro atoms. The molecule has 0 aromatic heterocycles. The van der Waals surface area contributed by atoms with Crippen LogP contribution in [-0.2, 0) is 0 Å². The van der Waals surface area contributed by atoms with E-state index in [1.807, 2.05) is 42.5 Å². The van der Waals surface area contributed by atoms with Crippen LogP contribution < -0.4 is 5.32 Å². The van der Waals surface area contributed by atoms with Gasteiger partial charge in [0.2, 0.25) is 0 Å². The molecule has 0 unspecified atom stereocenters. The van der Waals surface area contributed by atoms with Crippen LogP contribution in [0.25, 0.3) is 12.2 Å². The predicted octanol–water partition coefficient (Wildman–Crippen LogP) is 5.21. The average molecular weight is 360 g/mol. The van der Waals surface area contributed by atoms with Gasteiger partial charge in [0.1, 0.15) is 5.69 Å². The molecule has 0 atom stereocenters. The number of nitrogens with zero attached hydrogens (tertiary/aromatic N) is 1. The summed E-state index contributed by atoms with van der Waals surface area (Å²) in [4.78, 5) is 22.2. The lowest BCUT2D eigenvalue weighted by Crippen LogP contribution is -2.04. The van der Waals surface area contributed by atoms with Crippen LogP contribution in [-0.4, -0.2) is 16.0 Å². The molecule has 3 aromatic carbocycles. The third kappa shape index (κ3) is 4.38. The molecule has 0 aliphatic heterocycles. The highest BCUT2D eigenvalue weighted by Crippen LogP contribution is 2.29. The number of aromatic carboxylic acids is 1. The van der Waals surface area contributed by atoms with Crippen molar-refractivity contribution >= 4 is 35.2 Å². The van der Waals surface area contributed by atoms with Gasteiger partial charge in [-0.3, -0.25) is 10.1 Å². The van der Waals surface area contributed by atoms with E-state index in [1.165, 1.54) is 18.2 Å². The van der Waals surface area contributed by atoms with Gasteiger partial charge in [0.05, 0.1) is 16.2 Å². The minimum absolute atomic E-state index is 0.0324. The van der Waals surface area contributed by atoms with Crippen LogP contribution in [0.4, 0.5) is 17.1 Å². The fourth-order valence-corrected chi connectivity index (χ4v) is 2.60. The summed E-state index contributed by atoms with van der Waals surface area (Å²) in [5, 5.41) is 23.5. The molecule has 0 aliphatic rings. The number of hydrogen-bond donors (Lipinski definition) is 2. The summed E-state index contributed by atoms with van der Waals surface area (Å²) < 4.78 is 0. The molecule has 6 heteroatoms. The highest BCUT2D eigenvalue weighted by molar-refractivity contribution is 5.96. The molecule has 2 N–H and O–H groups in total. The largest absolute Gasteiger partial charge is 0.478 e. The zero-order chi connectivity index (χ0) is 19.2. The molecular weight excluding hydrogens is 344 g/mol. The normalized spacial score (nSPS) is 10.7. The van der Waals surface area contributed by atoms with Gasteiger partial charge in [-0.1, -0.05) is 60.7 Å². The van der Waals surface area contributed by atoms with E-state index in [2.05, 4.69) is 5.32 Å². The van der Waals surface area contributed by atoms with E-state index in [1.54, 1.807) is 24.3 Å². The average Bonchev–Trinajstić information content (AvgIpc) is 2.67. The topological polar surface area (TPSA) is 92.5 Å². The molecule has 3 aromatic rings. The summed E-state index contributed by atoms with van der Waals surface area (Å²) >= 11 is 0. The van der Waals surface area contributed by atoms with Gasteiger partial charge >= 0.3 is 5.97 Å². The number of nitro benzene ring substituents is 1. The minimum atomic E-state index is -1.12. The second-order valence-electron chi connectivity index (χ2n) is 5.75. The highest BCUT2D eigenvalue weighted by atomic mass is 16.6. The fraction of sp³-hybridized carbons (Fsp3) is 0. The number of benzene rings is 3. The van der Waals surface area contributed by atoms with Crippen LogP contribution in [0.5, 0.6) is 0 Å². The maximum atomic E-state index is 11.5. The second-order valence-corrected chi connectivity index (χ2v) is 5.75. The van der Waals surface area contributed by atoms with Crippen molar-refractivity contribution in [2.75, 3.05) is 5.32 Å². The van der Waals surface area contributed by atoms with E-state index in [-0.39, 0.29) is 22.6 Å². The Hall–Kier alpha value is -3.93. The van der Waals surface area contributed by atoms with Gasteiger partial charge in [-0.15, -0.1) is 0 Å². The molecule has 0 fully saturated rings. The van der Waals surface area contributed by atoms with E-state index >= 15 is 0 Å². The third-order valence-corrected chi connectivity index (χ3v) is 3.91. The molecule has 0 saturated heterocycles. The van der Waals surface area contributed by atoms with Crippen LogP contribution in [0.15, 0.2) is 72.8 Å². The van der Waals surface area contributed by atoms with Gasteiger partial charge in [-0.25, -0.2) is 4.79 Å². The molecule has 134 valence electrons. The summed E-state index contributed by atoms with van der Waals surface area (Å²) in [6, 6.07) is 20.6. The van der Waals surface area contributed by atoms with Crippen molar-refractivity contribution in [1.29, 1.82) is 0 Å². The molecule has 27 heavy (non-hydrogen) atoms. The molecule has 0 saturated carbocycles. The molecule has 6 nitrogen and oxygen atoms in total. The van der Waals surface area contributed by atoms with E-state index in [4.69, 9.17) is 0 Å². The van der Waals surface area contributed by atoms with Crippen molar-refractivity contribution in [2.24, 2.45) is 0 Å². The Kier molecular flexibility index (Phi) is 5.28. The Balaban J connectivity index is 1.97. The number of para-hydroxylation sites is 2. The Labute approximate surface area is 155 Å². The van der Waals surface area contributed by atoms with E-state index in [9.17, 15) is 20.0 Å². The predicted molar refractivity (Wildman–Crippen MR) is 105 cm³/mol. The van der Waals surface area contributed by atoms with Crippen LogP contribution in [0, 0.1) is 10.1 Å². The van der Waals surface area contributed by atoms with Crippen molar-refractivity contribution in [1.82, 2.24) is 0 Å². The molecule has 0 radical (unpaired) electrons. The lowest BCUT2D eigenvalue weighted by Gasteiger charge is -2.11. The van der Waals surface area contributed by atoms with Crippen LogP contribution >= 0.6 is 0 Å². The molecular formula is C21H16N2O4. The first-order valence-corrected chi connectivity index (χ1v) is 8.15. The van der Waals surface area contributed by atoms with E-state index in [0.29, 0.717) is 0 Å². The van der Waals surface area contributed by atoms with Crippen molar-refractivity contribution in [3.8, 4) is 0 Å². The standard InChI is InChI=1S/C21H16N2O4/c24-21(25)17-13-12-16(11-10-15-6-2-1-3-7-15)14-19(17)22-18-8-4-5-9-20(18)23(26)27/h1-14,22H,(H,24,25). The highest BCUT2D eigenvalue weighted by Gasteiger charge is 2.16. The number of nitro groups is 1. The number of carboxylic acid groups (broad SMARTS) is 1. The van der Waals surface area contributed by atoms with Crippen LogP contribution in [0.3, 0.4) is 0 Å². The monoisotopic (exact) mass is 360 g/mol. The van der Waals surface area contributed by atoms with E-state index in [0.717, 1.165) is 11.1 Å². The quantitative estimate of drug-likeness (QED) is 0.358. The van der Waals surface area contributed by atoms with E-state index < -0.39 is 10.9 Å². The summed E-state index contributed by atoms with van der Waals surface area (Å²) in [5.41, 5.74) is 2.20. The van der Waals surface area contributed by atoms with Crippen molar-refractivity contribution in [3.63, 3.8) is 0 Å². The molecule has 0 heterocycles. The lowest BCUT2D eigenvalue weighted by atomic mass is 10.1. The SMILES string of the molecule is O=C(O)c1ccc(C=Cc2ccccc2)cc1Nc1ccccc1[N+](=O)[O-]. The zero-order valence-electron chi connectivity index (χ0n) is 14.2. The number of rotatable bonds is 6. The first kappa shape index (κ1) is 17.9. The van der Waals surface area contributed by atoms with Crippen LogP contribution in [0.1, 0.15) is 21.5 Å². The maximum absolute atomic E-state index is 11.5. The van der Waals surface area contributed by atoms with Gasteiger partial charge in [0, 0.05) is 6.07 Å². The fourth-order valence-electron chi connectivity index (χ4n) is 2.60. The Morgan fingerprint density at radius 2 is 1.56 bits per heavy atom. The maximum Gasteiger partial charge on any atom is 0.337 e. The number of carbonyl (C=O) groups is 1. The minimum Gasteiger partial charge on any atom is -0.478 e. The summed E-state index contributed by atoms with van der Waals surface area (Å²) in [7, 11) is 0. The van der Waals surface area contributed by atoms with Gasteiger partial charge in [0.15, 0.2) is 0 Å². The Morgan fingerprint density at radius 1 is 0.889 bits per heavy atom. The van der Waals surface area contributed by atoms with Gasteiger partial charge in [-0.2, -0.15) is 0 Å². The molecule has 0 bridgehead atoms. The van der Waals surface area contributed by atoms with Gasteiger partial charge in [0.25, 0.3) is 5.69 Å². The summed E-state index contributed by atoms with van der Waals surface area (Å²) in [6.45, 7) is 0. The van der Waals surface area contributed by atoms with Crippen molar-refractivity contribution < 1.29 is 14.8 Å². The van der Waals surface area contributed by atoms with Gasteiger partial charge < -0.3 is 10.4 Å². The number of carboxylic acids is 1. The van der Waals surface area contributed by atoms with Crippen molar-refractivity contribution in [2.45, 2.75) is 0 Å². The zero-order valence-corrected chi connectivity index (χ0v) is 14.2. The van der Waals surface area contributed by atoms with Crippen LogP contribution in [0.2, 0.25) is 0 Å². The second kappa shape index (κ2) is 7.97. The molecule has 3 rings (SSSR count). The molecule has 0 amide bonds. The number of hydrogen-bond acceptors (Lipinski definition) is 4. The smallest absolute Gasteiger partial charge is 0.337 e. The van der Waals surface area contributed by atoms with Crippen molar-refractivity contribution in [3.05, 3.63) is 99.6 Å². The summed E-state index contributed by atoms with van der Waals surface area (Å²) in [5.74, 6) is -1.12. The Morgan fingerprint density at radius 3 is 2.26 bits per heavy atom. The summed E-state index contributed by atoms with van der Waals surface area (Å²) in [6.07, 6.45) is 3.76. The Bertz CT molecular complexity index is 1010. The number of anilines is 2. The lowest BCUT2D eigenvalue weighted by molar-refractivity contribution is -0.383. The van der Waals surface area contributed by atoms with Gasteiger partial charge in [-0.05, 0) is 29.3 Å². The third-order valence-electron chi connectivity index (χ3n) is 3.91. The first-order valence-electron chi connectivity index (χ1n) is 8.15. The first-order chi connectivity index (χ1) is 13.0. The molecule has 0 aliphatic carbocycles.